The maximum Gasteiger partial charge on any atom is 0.226 e. The predicted octanol–water partition coefficient (Wildman–Crippen LogP) is 3.17. The fraction of sp³-hybridized carbons (Fsp3) is 0.875. The van der Waals surface area contributed by atoms with Crippen molar-refractivity contribution in [1.29, 1.82) is 0 Å². The van der Waals surface area contributed by atoms with Crippen LogP contribution < -0.4 is 0 Å². The van der Waals surface area contributed by atoms with Gasteiger partial charge in [-0.15, -0.1) is 0 Å². The zero-order chi connectivity index (χ0) is 13.7. The molecule has 1 saturated carbocycles. The van der Waals surface area contributed by atoms with Crippen LogP contribution in [0.3, 0.4) is 0 Å². The molecule has 2 rings (SSSR count). The number of ketones is 1. The first-order valence-electron chi connectivity index (χ1n) is 7.95. The summed E-state index contributed by atoms with van der Waals surface area (Å²) in [7, 11) is 0. The number of amides is 1. The second kappa shape index (κ2) is 7.06. The van der Waals surface area contributed by atoms with Crippen LogP contribution in [0, 0.1) is 11.8 Å². The Bertz CT molecular complexity index is 315. The van der Waals surface area contributed by atoms with Gasteiger partial charge >= 0.3 is 0 Å². The number of carbonyl (C=O) groups excluding carboxylic acids is 2. The van der Waals surface area contributed by atoms with Gasteiger partial charge in [0.05, 0.1) is 0 Å². The summed E-state index contributed by atoms with van der Waals surface area (Å²) in [4.78, 5) is 26.0. The molecule has 0 aromatic heterocycles. The maximum atomic E-state index is 12.6. The van der Waals surface area contributed by atoms with Crippen molar-refractivity contribution >= 4 is 11.7 Å². The fourth-order valence-electron chi connectivity index (χ4n) is 3.64. The number of hydrogen-bond acceptors (Lipinski definition) is 2. The summed E-state index contributed by atoms with van der Waals surface area (Å²) in [6.45, 7) is 3.42. The molecule has 3 heteroatoms. The second-order valence-electron chi connectivity index (χ2n) is 6.38. The van der Waals surface area contributed by atoms with Crippen LogP contribution in [-0.4, -0.2) is 29.7 Å². The van der Waals surface area contributed by atoms with Crippen molar-refractivity contribution in [3.05, 3.63) is 0 Å². The summed E-state index contributed by atoms with van der Waals surface area (Å²) in [5, 5.41) is 0. The first-order chi connectivity index (χ1) is 9.16. The topological polar surface area (TPSA) is 37.4 Å². The average Bonchev–Trinajstić information content (AvgIpc) is 2.90. The van der Waals surface area contributed by atoms with Crippen molar-refractivity contribution in [2.45, 2.75) is 64.7 Å². The standard InChI is InChI=1S/C16H27NO2/c1-13(18)11-15(12-14-7-3-4-8-14)16(19)17-9-5-2-6-10-17/h14-15H,2-12H2,1H3/t15-/m0/s1. The lowest BCUT2D eigenvalue weighted by Gasteiger charge is -2.31. The van der Waals surface area contributed by atoms with Gasteiger partial charge in [0.25, 0.3) is 0 Å². The molecule has 1 aliphatic carbocycles. The lowest BCUT2D eigenvalue weighted by atomic mass is 9.88. The molecule has 0 spiro atoms. The van der Waals surface area contributed by atoms with E-state index in [2.05, 4.69) is 0 Å². The molecule has 108 valence electrons. The smallest absolute Gasteiger partial charge is 0.226 e. The van der Waals surface area contributed by atoms with Crippen molar-refractivity contribution in [2.24, 2.45) is 11.8 Å². The Kier molecular flexibility index (Phi) is 5.41. The minimum atomic E-state index is -0.0429. The Morgan fingerprint density at radius 1 is 1.05 bits per heavy atom. The van der Waals surface area contributed by atoms with Gasteiger partial charge in [-0.1, -0.05) is 25.7 Å². The van der Waals surface area contributed by atoms with E-state index >= 15 is 0 Å². The van der Waals surface area contributed by atoms with Crippen molar-refractivity contribution in [3.8, 4) is 0 Å². The number of piperidine rings is 1. The Balaban J connectivity index is 1.94. The third kappa shape index (κ3) is 4.32. The van der Waals surface area contributed by atoms with Crippen LogP contribution in [0.2, 0.25) is 0 Å². The van der Waals surface area contributed by atoms with E-state index in [1.807, 2.05) is 4.90 Å². The molecule has 1 heterocycles. The molecule has 1 amide bonds. The van der Waals surface area contributed by atoms with Gasteiger partial charge in [-0.2, -0.15) is 0 Å². The van der Waals surface area contributed by atoms with Crippen molar-refractivity contribution in [2.75, 3.05) is 13.1 Å². The highest BCUT2D eigenvalue weighted by Gasteiger charge is 2.29. The van der Waals surface area contributed by atoms with Gasteiger partial charge in [-0.05, 0) is 38.5 Å². The number of likely N-dealkylation sites (tertiary alicyclic amines) is 1. The van der Waals surface area contributed by atoms with Crippen molar-refractivity contribution < 1.29 is 9.59 Å². The van der Waals surface area contributed by atoms with Crippen LogP contribution in [-0.2, 0) is 9.59 Å². The molecule has 0 aromatic rings. The molecule has 0 N–H and O–H groups in total. The summed E-state index contributed by atoms with van der Waals surface area (Å²) < 4.78 is 0. The van der Waals surface area contributed by atoms with E-state index < -0.39 is 0 Å². The van der Waals surface area contributed by atoms with E-state index in [4.69, 9.17) is 0 Å². The summed E-state index contributed by atoms with van der Waals surface area (Å²) in [6.07, 6.45) is 9.99. The predicted molar refractivity (Wildman–Crippen MR) is 75.8 cm³/mol. The highest BCUT2D eigenvalue weighted by Crippen LogP contribution is 2.32. The number of nitrogens with zero attached hydrogens (tertiary/aromatic N) is 1. The Labute approximate surface area is 116 Å². The fourth-order valence-corrected chi connectivity index (χ4v) is 3.64. The van der Waals surface area contributed by atoms with Crippen LogP contribution in [0.1, 0.15) is 64.7 Å². The van der Waals surface area contributed by atoms with Crippen molar-refractivity contribution in [1.82, 2.24) is 4.90 Å². The molecule has 19 heavy (non-hydrogen) atoms. The van der Waals surface area contributed by atoms with E-state index in [0.29, 0.717) is 12.3 Å². The van der Waals surface area contributed by atoms with Crippen LogP contribution in [0.4, 0.5) is 0 Å². The van der Waals surface area contributed by atoms with E-state index in [0.717, 1.165) is 32.4 Å². The van der Waals surface area contributed by atoms with E-state index in [9.17, 15) is 9.59 Å². The summed E-state index contributed by atoms with van der Waals surface area (Å²) in [6, 6.07) is 0. The first kappa shape index (κ1) is 14.5. The highest BCUT2D eigenvalue weighted by atomic mass is 16.2. The van der Waals surface area contributed by atoms with Gasteiger partial charge in [-0.3, -0.25) is 4.79 Å². The summed E-state index contributed by atoms with van der Waals surface area (Å²) >= 11 is 0. The number of Topliss-reactive ketones (excluding diaryl/α,β-unsaturated/α-hetero) is 1. The Hall–Kier alpha value is -0.860. The number of carbonyl (C=O) groups is 2. The lowest BCUT2D eigenvalue weighted by Crippen LogP contribution is -2.40. The molecule has 2 fully saturated rings. The van der Waals surface area contributed by atoms with Gasteiger partial charge in [0.1, 0.15) is 5.78 Å². The quantitative estimate of drug-likeness (QED) is 0.765. The highest BCUT2D eigenvalue weighted by molar-refractivity contribution is 5.85. The Morgan fingerprint density at radius 2 is 1.68 bits per heavy atom. The molecule has 0 radical (unpaired) electrons. The SMILES string of the molecule is CC(=O)C[C@@H](CC1CCCC1)C(=O)N1CCCCC1. The van der Waals surface area contributed by atoms with E-state index in [1.54, 1.807) is 6.92 Å². The summed E-state index contributed by atoms with van der Waals surface area (Å²) in [5.41, 5.74) is 0. The van der Waals surface area contributed by atoms with Gasteiger partial charge in [0, 0.05) is 25.4 Å². The van der Waals surface area contributed by atoms with Crippen LogP contribution in [0.15, 0.2) is 0 Å². The third-order valence-corrected chi connectivity index (χ3v) is 4.64. The third-order valence-electron chi connectivity index (χ3n) is 4.64. The van der Waals surface area contributed by atoms with Gasteiger partial charge < -0.3 is 9.69 Å². The van der Waals surface area contributed by atoms with Gasteiger partial charge in [-0.25, -0.2) is 0 Å². The minimum absolute atomic E-state index is 0.0429. The number of rotatable bonds is 5. The molecule has 2 aliphatic rings. The molecule has 1 atom stereocenters. The van der Waals surface area contributed by atoms with Crippen LogP contribution in [0.25, 0.3) is 0 Å². The van der Waals surface area contributed by atoms with Crippen molar-refractivity contribution in [3.63, 3.8) is 0 Å². The monoisotopic (exact) mass is 265 g/mol. The average molecular weight is 265 g/mol. The molecule has 0 aromatic carbocycles. The normalized spacial score (nSPS) is 22.5. The summed E-state index contributed by atoms with van der Waals surface area (Å²) in [5.74, 6) is 1.05. The maximum absolute atomic E-state index is 12.6. The van der Waals surface area contributed by atoms with E-state index in [-0.39, 0.29) is 17.6 Å². The van der Waals surface area contributed by atoms with E-state index in [1.165, 1.54) is 32.1 Å². The zero-order valence-corrected chi connectivity index (χ0v) is 12.2. The molecule has 0 unspecified atom stereocenters. The first-order valence-corrected chi connectivity index (χ1v) is 7.95. The molecule has 1 saturated heterocycles. The lowest BCUT2D eigenvalue weighted by molar-refractivity contribution is -0.139. The largest absolute Gasteiger partial charge is 0.342 e. The number of hydrogen-bond donors (Lipinski definition) is 0. The van der Waals surface area contributed by atoms with Crippen LogP contribution >= 0.6 is 0 Å². The molecule has 3 nitrogen and oxygen atoms in total. The second-order valence-corrected chi connectivity index (χ2v) is 6.38. The molecular weight excluding hydrogens is 238 g/mol. The molecular formula is C16H27NO2. The Morgan fingerprint density at radius 3 is 2.26 bits per heavy atom. The zero-order valence-electron chi connectivity index (χ0n) is 12.2. The van der Waals surface area contributed by atoms with Gasteiger partial charge in [0.15, 0.2) is 0 Å². The van der Waals surface area contributed by atoms with Gasteiger partial charge in [0.2, 0.25) is 5.91 Å². The van der Waals surface area contributed by atoms with Crippen LogP contribution in [0.5, 0.6) is 0 Å². The minimum Gasteiger partial charge on any atom is -0.342 e. The molecule has 0 bridgehead atoms. The molecule has 1 aliphatic heterocycles.